The van der Waals surface area contributed by atoms with Gasteiger partial charge in [0.15, 0.2) is 0 Å². The van der Waals surface area contributed by atoms with Crippen LogP contribution >= 0.6 is 11.3 Å². The predicted octanol–water partition coefficient (Wildman–Crippen LogP) is 4.12. The zero-order chi connectivity index (χ0) is 16.3. The van der Waals surface area contributed by atoms with E-state index >= 15 is 0 Å². The summed E-state index contributed by atoms with van der Waals surface area (Å²) in [6.07, 6.45) is 0. The summed E-state index contributed by atoms with van der Waals surface area (Å²) in [4.78, 5) is 0.277. The highest BCUT2D eigenvalue weighted by atomic mass is 32.2. The quantitative estimate of drug-likeness (QED) is 0.757. The molecule has 0 aliphatic carbocycles. The van der Waals surface area contributed by atoms with Crippen LogP contribution in [-0.2, 0) is 10.0 Å². The number of benzene rings is 2. The molecule has 0 spiro atoms. The second-order valence-electron chi connectivity index (χ2n) is 5.33. The molecule has 2 aromatic carbocycles. The molecule has 1 N–H and O–H groups in total. The van der Waals surface area contributed by atoms with E-state index in [1.165, 1.54) is 0 Å². The molecule has 3 rings (SSSR count). The number of thiophene rings is 1. The Balaban J connectivity index is 1.97. The maximum Gasteiger partial charge on any atom is 0.241 e. The average Bonchev–Trinajstić information content (AvgIpc) is 3.08. The summed E-state index contributed by atoms with van der Waals surface area (Å²) in [5.41, 5.74) is 2.89. The number of nitrogens with one attached hydrogen (secondary N) is 1. The van der Waals surface area contributed by atoms with Crippen LogP contribution in [0.15, 0.2) is 76.3 Å². The zero-order valence-electron chi connectivity index (χ0n) is 12.6. The van der Waals surface area contributed by atoms with Gasteiger partial charge in [0, 0.05) is 0 Å². The summed E-state index contributed by atoms with van der Waals surface area (Å²) in [6.45, 7) is 1.93. The lowest BCUT2D eigenvalue weighted by atomic mass is 10.0. The normalized spacial score (nSPS) is 12.9. The molecule has 1 aromatic heterocycles. The van der Waals surface area contributed by atoms with Crippen LogP contribution in [0.2, 0.25) is 0 Å². The topological polar surface area (TPSA) is 46.2 Å². The summed E-state index contributed by atoms with van der Waals surface area (Å²) >= 11 is 1.55. The number of aryl methyl sites for hydroxylation is 1. The first-order valence-electron chi connectivity index (χ1n) is 7.22. The fraction of sp³-hybridized carbons (Fsp3) is 0.111. The summed E-state index contributed by atoms with van der Waals surface area (Å²) in [5, 5.41) is 3.92. The van der Waals surface area contributed by atoms with E-state index in [0.717, 1.165) is 16.7 Å². The number of rotatable bonds is 5. The first-order chi connectivity index (χ1) is 11.1. The van der Waals surface area contributed by atoms with Crippen LogP contribution in [0.1, 0.15) is 22.7 Å². The van der Waals surface area contributed by atoms with Crippen molar-refractivity contribution in [2.24, 2.45) is 0 Å². The van der Waals surface area contributed by atoms with E-state index in [2.05, 4.69) is 4.72 Å². The van der Waals surface area contributed by atoms with Crippen LogP contribution in [0.25, 0.3) is 0 Å². The highest BCUT2D eigenvalue weighted by Gasteiger charge is 2.23. The Bertz CT molecular complexity index is 855. The Morgan fingerprint density at radius 3 is 2.22 bits per heavy atom. The van der Waals surface area contributed by atoms with Gasteiger partial charge < -0.3 is 0 Å². The van der Waals surface area contributed by atoms with Crippen molar-refractivity contribution < 1.29 is 8.42 Å². The fourth-order valence-corrected chi connectivity index (χ4v) is 4.25. The molecule has 0 fully saturated rings. The van der Waals surface area contributed by atoms with Crippen molar-refractivity contribution in [2.45, 2.75) is 17.9 Å². The maximum absolute atomic E-state index is 12.7. The van der Waals surface area contributed by atoms with E-state index in [9.17, 15) is 8.42 Å². The maximum atomic E-state index is 12.7. The van der Waals surface area contributed by atoms with Crippen molar-refractivity contribution in [3.05, 3.63) is 88.1 Å². The molecule has 0 unspecified atom stereocenters. The van der Waals surface area contributed by atoms with E-state index in [1.54, 1.807) is 35.6 Å². The molecule has 3 aromatic rings. The third-order valence-corrected chi connectivity index (χ3v) is 5.75. The molecule has 1 heterocycles. The largest absolute Gasteiger partial charge is 0.241 e. The molecular weight excluding hydrogens is 326 g/mol. The minimum atomic E-state index is -3.60. The average molecular weight is 343 g/mol. The molecule has 118 valence electrons. The van der Waals surface area contributed by atoms with E-state index in [0.29, 0.717) is 0 Å². The van der Waals surface area contributed by atoms with Gasteiger partial charge in [0.1, 0.15) is 0 Å². The summed E-state index contributed by atoms with van der Waals surface area (Å²) in [7, 11) is -3.60. The minimum absolute atomic E-state index is 0.277. The second kappa shape index (κ2) is 6.66. The molecule has 0 saturated carbocycles. The van der Waals surface area contributed by atoms with E-state index in [-0.39, 0.29) is 4.90 Å². The Morgan fingerprint density at radius 1 is 0.913 bits per heavy atom. The predicted molar refractivity (Wildman–Crippen MR) is 94.1 cm³/mol. The third-order valence-electron chi connectivity index (χ3n) is 3.61. The van der Waals surface area contributed by atoms with Crippen LogP contribution in [0.3, 0.4) is 0 Å². The van der Waals surface area contributed by atoms with Gasteiger partial charge in [-0.25, -0.2) is 8.42 Å². The summed E-state index contributed by atoms with van der Waals surface area (Å²) in [5.74, 6) is 0. The van der Waals surface area contributed by atoms with Gasteiger partial charge in [-0.2, -0.15) is 16.1 Å². The van der Waals surface area contributed by atoms with Gasteiger partial charge in [0.2, 0.25) is 10.0 Å². The van der Waals surface area contributed by atoms with Crippen molar-refractivity contribution in [2.75, 3.05) is 0 Å². The Hall–Kier alpha value is -1.95. The summed E-state index contributed by atoms with van der Waals surface area (Å²) < 4.78 is 28.3. The van der Waals surface area contributed by atoms with Crippen molar-refractivity contribution in [3.8, 4) is 0 Å². The standard InChI is InChI=1S/C18H17NO2S2/c1-14-7-9-17(10-8-14)23(20,21)19-18(16-11-12-22-13-16)15-5-3-2-4-6-15/h2-13,18-19H,1H3/t18-/m0/s1. The SMILES string of the molecule is Cc1ccc(S(=O)(=O)N[C@@H](c2ccccc2)c2ccsc2)cc1. The van der Waals surface area contributed by atoms with Crippen LogP contribution < -0.4 is 4.72 Å². The lowest BCUT2D eigenvalue weighted by Crippen LogP contribution is -2.29. The van der Waals surface area contributed by atoms with Crippen molar-refractivity contribution in [1.82, 2.24) is 4.72 Å². The molecule has 23 heavy (non-hydrogen) atoms. The third kappa shape index (κ3) is 3.69. The molecule has 5 heteroatoms. The number of hydrogen-bond donors (Lipinski definition) is 1. The van der Waals surface area contributed by atoms with Gasteiger partial charge in [-0.05, 0) is 47.0 Å². The number of hydrogen-bond acceptors (Lipinski definition) is 3. The zero-order valence-corrected chi connectivity index (χ0v) is 14.3. The van der Waals surface area contributed by atoms with Crippen LogP contribution in [0.4, 0.5) is 0 Å². The number of sulfonamides is 1. The van der Waals surface area contributed by atoms with Crippen LogP contribution in [0.5, 0.6) is 0 Å². The smallest absolute Gasteiger partial charge is 0.207 e. The van der Waals surface area contributed by atoms with Crippen molar-refractivity contribution >= 4 is 21.4 Å². The van der Waals surface area contributed by atoms with Crippen LogP contribution in [-0.4, -0.2) is 8.42 Å². The monoisotopic (exact) mass is 343 g/mol. The van der Waals surface area contributed by atoms with E-state index < -0.39 is 16.1 Å². The lowest BCUT2D eigenvalue weighted by Gasteiger charge is -2.18. The Labute approximate surface area is 140 Å². The van der Waals surface area contributed by atoms with Crippen molar-refractivity contribution in [3.63, 3.8) is 0 Å². The van der Waals surface area contributed by atoms with Gasteiger partial charge in [0.05, 0.1) is 10.9 Å². The van der Waals surface area contributed by atoms with Gasteiger partial charge >= 0.3 is 0 Å². The minimum Gasteiger partial charge on any atom is -0.207 e. The Morgan fingerprint density at radius 2 is 1.61 bits per heavy atom. The molecule has 0 amide bonds. The Kier molecular flexibility index (Phi) is 4.61. The highest BCUT2D eigenvalue weighted by Crippen LogP contribution is 2.26. The molecule has 0 saturated heterocycles. The van der Waals surface area contributed by atoms with E-state index in [1.807, 2.05) is 54.1 Å². The van der Waals surface area contributed by atoms with E-state index in [4.69, 9.17) is 0 Å². The van der Waals surface area contributed by atoms with Crippen LogP contribution in [0, 0.1) is 6.92 Å². The van der Waals surface area contributed by atoms with Crippen molar-refractivity contribution in [1.29, 1.82) is 0 Å². The second-order valence-corrected chi connectivity index (χ2v) is 7.83. The molecule has 3 nitrogen and oxygen atoms in total. The van der Waals surface area contributed by atoms with Gasteiger partial charge in [-0.3, -0.25) is 0 Å². The lowest BCUT2D eigenvalue weighted by molar-refractivity contribution is 0.572. The highest BCUT2D eigenvalue weighted by molar-refractivity contribution is 7.89. The fourth-order valence-electron chi connectivity index (χ4n) is 2.35. The first kappa shape index (κ1) is 15.9. The molecule has 0 aliphatic rings. The molecule has 0 radical (unpaired) electrons. The van der Waals surface area contributed by atoms with Gasteiger partial charge in [-0.1, -0.05) is 48.0 Å². The molecule has 1 atom stereocenters. The molecular formula is C18H17NO2S2. The molecule has 0 aliphatic heterocycles. The molecule has 0 bridgehead atoms. The van der Waals surface area contributed by atoms with Gasteiger partial charge in [0.25, 0.3) is 0 Å². The van der Waals surface area contributed by atoms with Gasteiger partial charge in [-0.15, -0.1) is 0 Å². The summed E-state index contributed by atoms with van der Waals surface area (Å²) in [6, 6.07) is 18.0. The first-order valence-corrected chi connectivity index (χ1v) is 9.65.